The number of rotatable bonds is 5. The summed E-state index contributed by atoms with van der Waals surface area (Å²) in [5, 5.41) is 11.5. The van der Waals surface area contributed by atoms with Crippen LogP contribution in [0.2, 0.25) is 0 Å². The average Bonchev–Trinajstić information content (AvgIpc) is 2.14. The van der Waals surface area contributed by atoms with Crippen molar-refractivity contribution in [1.29, 1.82) is 0 Å². The molecule has 0 heterocycles. The molecule has 2 amide bonds. The van der Waals surface area contributed by atoms with Gasteiger partial charge in [-0.15, -0.1) is 6.58 Å². The number of carboxylic acids is 1. The van der Waals surface area contributed by atoms with Gasteiger partial charge in [-0.2, -0.15) is 0 Å². The SMILES string of the molecule is C=CCN(CC(=O)O)C(=O)NC1CC(C)C1. The fourth-order valence-electron chi connectivity index (χ4n) is 1.82. The van der Waals surface area contributed by atoms with Crippen molar-refractivity contribution >= 4 is 12.0 Å². The van der Waals surface area contributed by atoms with Crippen molar-refractivity contribution in [2.24, 2.45) is 5.92 Å². The van der Waals surface area contributed by atoms with Gasteiger partial charge in [0.1, 0.15) is 6.54 Å². The zero-order chi connectivity index (χ0) is 12.1. The summed E-state index contributed by atoms with van der Waals surface area (Å²) in [5.41, 5.74) is 0. The monoisotopic (exact) mass is 226 g/mol. The quantitative estimate of drug-likeness (QED) is 0.689. The summed E-state index contributed by atoms with van der Waals surface area (Å²) >= 11 is 0. The Morgan fingerprint density at radius 2 is 2.19 bits per heavy atom. The van der Waals surface area contributed by atoms with Gasteiger partial charge < -0.3 is 15.3 Å². The molecule has 1 aliphatic carbocycles. The van der Waals surface area contributed by atoms with Gasteiger partial charge in [-0.25, -0.2) is 4.79 Å². The molecule has 0 unspecified atom stereocenters. The molecule has 5 heteroatoms. The van der Waals surface area contributed by atoms with Crippen molar-refractivity contribution in [1.82, 2.24) is 10.2 Å². The van der Waals surface area contributed by atoms with E-state index in [2.05, 4.69) is 18.8 Å². The summed E-state index contributed by atoms with van der Waals surface area (Å²) < 4.78 is 0. The fourth-order valence-corrected chi connectivity index (χ4v) is 1.82. The lowest BCUT2D eigenvalue weighted by Crippen LogP contribution is -2.50. The van der Waals surface area contributed by atoms with Gasteiger partial charge in [0.25, 0.3) is 0 Å². The van der Waals surface area contributed by atoms with Crippen molar-refractivity contribution in [3.8, 4) is 0 Å². The minimum Gasteiger partial charge on any atom is -0.480 e. The summed E-state index contributed by atoms with van der Waals surface area (Å²) in [5.74, 6) is -0.364. The Morgan fingerprint density at radius 1 is 1.56 bits per heavy atom. The van der Waals surface area contributed by atoms with Gasteiger partial charge in [-0.05, 0) is 18.8 Å². The third-order valence-electron chi connectivity index (χ3n) is 2.66. The summed E-state index contributed by atoms with van der Waals surface area (Å²) in [6.45, 7) is 5.59. The number of nitrogens with zero attached hydrogens (tertiary/aromatic N) is 1. The second-order valence-corrected chi connectivity index (χ2v) is 4.29. The van der Waals surface area contributed by atoms with Crippen LogP contribution < -0.4 is 5.32 Å². The second kappa shape index (κ2) is 5.53. The third kappa shape index (κ3) is 3.56. The summed E-state index contributed by atoms with van der Waals surface area (Å²) in [6, 6.07) is -0.122. The number of hydrogen-bond acceptors (Lipinski definition) is 2. The number of amides is 2. The van der Waals surface area contributed by atoms with Crippen LogP contribution in [0.25, 0.3) is 0 Å². The van der Waals surface area contributed by atoms with Crippen molar-refractivity contribution < 1.29 is 14.7 Å². The van der Waals surface area contributed by atoms with Crippen LogP contribution in [-0.2, 0) is 4.79 Å². The number of carbonyl (C=O) groups excluding carboxylic acids is 1. The van der Waals surface area contributed by atoms with Gasteiger partial charge in [0, 0.05) is 12.6 Å². The molecule has 0 spiro atoms. The van der Waals surface area contributed by atoms with E-state index in [1.165, 1.54) is 11.0 Å². The van der Waals surface area contributed by atoms with Crippen LogP contribution in [0.1, 0.15) is 19.8 Å². The average molecular weight is 226 g/mol. The van der Waals surface area contributed by atoms with E-state index in [1.807, 2.05) is 0 Å². The van der Waals surface area contributed by atoms with Crippen LogP contribution >= 0.6 is 0 Å². The highest BCUT2D eigenvalue weighted by Crippen LogP contribution is 2.26. The predicted molar refractivity (Wildman–Crippen MR) is 60.1 cm³/mol. The zero-order valence-corrected chi connectivity index (χ0v) is 9.48. The molecule has 5 nitrogen and oxygen atoms in total. The highest BCUT2D eigenvalue weighted by Gasteiger charge is 2.28. The van der Waals surface area contributed by atoms with Gasteiger partial charge in [0.2, 0.25) is 0 Å². The van der Waals surface area contributed by atoms with Crippen molar-refractivity contribution in [2.75, 3.05) is 13.1 Å². The van der Waals surface area contributed by atoms with E-state index in [-0.39, 0.29) is 25.2 Å². The Labute approximate surface area is 95.1 Å². The number of aliphatic carboxylic acids is 1. The van der Waals surface area contributed by atoms with Crippen LogP contribution in [0, 0.1) is 5.92 Å². The first-order valence-electron chi connectivity index (χ1n) is 5.41. The van der Waals surface area contributed by atoms with E-state index in [1.54, 1.807) is 0 Å². The lowest BCUT2D eigenvalue weighted by molar-refractivity contribution is -0.137. The first-order valence-corrected chi connectivity index (χ1v) is 5.41. The molecule has 1 saturated carbocycles. The minimum atomic E-state index is -1.01. The zero-order valence-electron chi connectivity index (χ0n) is 9.48. The molecule has 0 saturated heterocycles. The van der Waals surface area contributed by atoms with E-state index in [4.69, 9.17) is 5.11 Å². The number of nitrogens with one attached hydrogen (secondary N) is 1. The number of carbonyl (C=O) groups is 2. The van der Waals surface area contributed by atoms with Gasteiger partial charge in [-0.1, -0.05) is 13.0 Å². The van der Waals surface area contributed by atoms with E-state index < -0.39 is 5.97 Å². The number of urea groups is 1. The van der Waals surface area contributed by atoms with Crippen LogP contribution in [0.5, 0.6) is 0 Å². The normalized spacial score (nSPS) is 23.1. The summed E-state index contributed by atoms with van der Waals surface area (Å²) in [4.78, 5) is 23.5. The van der Waals surface area contributed by atoms with E-state index >= 15 is 0 Å². The topological polar surface area (TPSA) is 69.6 Å². The van der Waals surface area contributed by atoms with Gasteiger partial charge >= 0.3 is 12.0 Å². The summed E-state index contributed by atoms with van der Waals surface area (Å²) in [6.07, 6.45) is 3.47. The smallest absolute Gasteiger partial charge is 0.323 e. The predicted octanol–water partition coefficient (Wildman–Crippen LogP) is 1.07. The number of carboxylic acid groups (broad SMARTS) is 1. The molecule has 16 heavy (non-hydrogen) atoms. The first kappa shape index (κ1) is 12.5. The maximum absolute atomic E-state index is 11.7. The molecule has 0 aromatic rings. The summed E-state index contributed by atoms with van der Waals surface area (Å²) in [7, 11) is 0. The second-order valence-electron chi connectivity index (χ2n) is 4.29. The largest absolute Gasteiger partial charge is 0.480 e. The standard InChI is InChI=1S/C11H18N2O3/c1-3-4-13(7-10(14)15)11(16)12-9-5-8(2)6-9/h3,8-9H,1,4-7H2,2H3,(H,12,16)(H,14,15). The molecule has 0 radical (unpaired) electrons. The molecule has 1 aliphatic rings. The Balaban J connectivity index is 2.40. The molecule has 1 rings (SSSR count). The fraction of sp³-hybridized carbons (Fsp3) is 0.636. The molecule has 0 aromatic carbocycles. The van der Waals surface area contributed by atoms with Crippen molar-refractivity contribution in [3.05, 3.63) is 12.7 Å². The lowest BCUT2D eigenvalue weighted by Gasteiger charge is -2.34. The Hall–Kier alpha value is -1.52. The Bertz CT molecular complexity index is 285. The van der Waals surface area contributed by atoms with Gasteiger partial charge in [0.05, 0.1) is 0 Å². The minimum absolute atomic E-state index is 0.198. The third-order valence-corrected chi connectivity index (χ3v) is 2.66. The van der Waals surface area contributed by atoms with Crippen LogP contribution in [0.15, 0.2) is 12.7 Å². The van der Waals surface area contributed by atoms with E-state index in [0.29, 0.717) is 5.92 Å². The highest BCUT2D eigenvalue weighted by atomic mass is 16.4. The first-order chi connectivity index (χ1) is 7.52. The maximum Gasteiger partial charge on any atom is 0.323 e. The van der Waals surface area contributed by atoms with Gasteiger partial charge in [0.15, 0.2) is 0 Å². The van der Waals surface area contributed by atoms with E-state index in [0.717, 1.165) is 12.8 Å². The highest BCUT2D eigenvalue weighted by molar-refractivity contribution is 5.80. The van der Waals surface area contributed by atoms with Crippen molar-refractivity contribution in [2.45, 2.75) is 25.8 Å². The van der Waals surface area contributed by atoms with E-state index in [9.17, 15) is 9.59 Å². The van der Waals surface area contributed by atoms with Crippen LogP contribution in [-0.4, -0.2) is 41.1 Å². The molecule has 90 valence electrons. The molecular weight excluding hydrogens is 208 g/mol. The lowest BCUT2D eigenvalue weighted by atomic mass is 9.82. The molecule has 1 fully saturated rings. The van der Waals surface area contributed by atoms with Crippen molar-refractivity contribution in [3.63, 3.8) is 0 Å². The molecule has 2 N–H and O–H groups in total. The maximum atomic E-state index is 11.7. The molecule has 0 aliphatic heterocycles. The van der Waals surface area contributed by atoms with Crippen LogP contribution in [0.3, 0.4) is 0 Å². The Morgan fingerprint density at radius 3 is 2.62 bits per heavy atom. The number of hydrogen-bond donors (Lipinski definition) is 2. The Kier molecular flexibility index (Phi) is 4.34. The molecule has 0 atom stereocenters. The molecular formula is C11H18N2O3. The van der Waals surface area contributed by atoms with Crippen LogP contribution in [0.4, 0.5) is 4.79 Å². The molecule has 0 bridgehead atoms. The van der Waals surface area contributed by atoms with Gasteiger partial charge in [-0.3, -0.25) is 4.79 Å². The molecule has 0 aromatic heterocycles.